The summed E-state index contributed by atoms with van der Waals surface area (Å²) in [4.78, 5) is 23.5. The van der Waals surface area contributed by atoms with Crippen LogP contribution in [0.15, 0.2) is 83.5 Å². The molecule has 0 amide bonds. The molecule has 3 atom stereocenters. The first-order valence-electron chi connectivity index (χ1n) is 10.2. The van der Waals surface area contributed by atoms with E-state index in [9.17, 15) is 14.9 Å². The maximum absolute atomic E-state index is 12.7. The summed E-state index contributed by atoms with van der Waals surface area (Å²) in [5, 5.41) is 14.8. The average molecular weight is 412 g/mol. The smallest absolute Gasteiger partial charge is 0.269 e. The highest BCUT2D eigenvalue weighted by molar-refractivity contribution is 6.07. The fourth-order valence-corrected chi connectivity index (χ4v) is 4.55. The Bertz CT molecular complexity index is 1210. The highest BCUT2D eigenvalue weighted by Gasteiger charge is 2.38. The maximum Gasteiger partial charge on any atom is 0.269 e. The number of anilines is 1. The zero-order chi connectivity index (χ0) is 21.4. The van der Waals surface area contributed by atoms with Crippen LogP contribution in [0.3, 0.4) is 0 Å². The second-order valence-electron chi connectivity index (χ2n) is 7.84. The SMILES string of the molecule is O=C(/C=C/c1ccco1)c1ccc2c(c1)[C@H]1C=CC[C@H]1[C@H](c1cccc([N+](=O)[O-])c1)N2. The molecular formula is C25H20N2O4. The summed E-state index contributed by atoms with van der Waals surface area (Å²) in [5.41, 5.74) is 3.65. The van der Waals surface area contributed by atoms with Crippen molar-refractivity contribution < 1.29 is 14.1 Å². The topological polar surface area (TPSA) is 85.4 Å². The van der Waals surface area contributed by atoms with Gasteiger partial charge in [0.2, 0.25) is 0 Å². The number of non-ortho nitro benzene ring substituents is 1. The number of nitrogens with zero attached hydrogens (tertiary/aromatic N) is 1. The Morgan fingerprint density at radius 1 is 1.16 bits per heavy atom. The number of carbonyl (C=O) groups is 1. The van der Waals surface area contributed by atoms with Crippen LogP contribution in [0.1, 0.15) is 45.6 Å². The molecule has 3 aromatic rings. The minimum atomic E-state index is -0.362. The Balaban J connectivity index is 1.46. The molecule has 154 valence electrons. The van der Waals surface area contributed by atoms with Crippen molar-refractivity contribution in [3.63, 3.8) is 0 Å². The second kappa shape index (κ2) is 7.72. The Hall–Kier alpha value is -3.93. The number of allylic oxidation sites excluding steroid dienone is 3. The van der Waals surface area contributed by atoms with E-state index in [1.54, 1.807) is 36.6 Å². The van der Waals surface area contributed by atoms with E-state index in [2.05, 4.69) is 17.5 Å². The number of benzene rings is 2. The van der Waals surface area contributed by atoms with Crippen molar-refractivity contribution in [3.8, 4) is 0 Å². The summed E-state index contributed by atoms with van der Waals surface area (Å²) in [6.07, 6.45) is 9.96. The van der Waals surface area contributed by atoms with Gasteiger partial charge in [-0.2, -0.15) is 0 Å². The van der Waals surface area contributed by atoms with Gasteiger partial charge in [-0.05, 0) is 65.9 Å². The molecule has 1 aliphatic carbocycles. The normalized spacial score (nSPS) is 21.5. The van der Waals surface area contributed by atoms with Gasteiger partial charge >= 0.3 is 0 Å². The number of rotatable bonds is 5. The van der Waals surface area contributed by atoms with Crippen molar-refractivity contribution in [2.24, 2.45) is 5.92 Å². The molecule has 0 radical (unpaired) electrons. The molecule has 0 bridgehead atoms. The quantitative estimate of drug-likeness (QED) is 0.185. The van der Waals surface area contributed by atoms with Gasteiger partial charge in [0.1, 0.15) is 5.76 Å². The van der Waals surface area contributed by atoms with Crippen LogP contribution >= 0.6 is 0 Å². The van der Waals surface area contributed by atoms with Gasteiger partial charge < -0.3 is 9.73 Å². The van der Waals surface area contributed by atoms with Crippen molar-refractivity contribution in [2.75, 3.05) is 5.32 Å². The van der Waals surface area contributed by atoms with Crippen molar-refractivity contribution in [1.29, 1.82) is 0 Å². The number of carbonyl (C=O) groups excluding carboxylic acids is 1. The Kier molecular flexibility index (Phi) is 4.75. The molecule has 0 spiro atoms. The molecule has 0 saturated carbocycles. The summed E-state index contributed by atoms with van der Waals surface area (Å²) in [6.45, 7) is 0. The van der Waals surface area contributed by atoms with Crippen molar-refractivity contribution in [2.45, 2.75) is 18.4 Å². The van der Waals surface area contributed by atoms with Gasteiger partial charge in [-0.25, -0.2) is 0 Å². The molecule has 6 nitrogen and oxygen atoms in total. The molecular weight excluding hydrogens is 392 g/mol. The van der Waals surface area contributed by atoms with E-state index in [4.69, 9.17) is 4.42 Å². The van der Waals surface area contributed by atoms with E-state index in [-0.39, 0.29) is 34.3 Å². The number of ketones is 1. The van der Waals surface area contributed by atoms with Gasteiger partial charge in [-0.3, -0.25) is 14.9 Å². The van der Waals surface area contributed by atoms with Crippen molar-refractivity contribution >= 4 is 23.2 Å². The zero-order valence-corrected chi connectivity index (χ0v) is 16.6. The number of nitrogens with one attached hydrogen (secondary N) is 1. The number of nitro benzene ring substituents is 1. The van der Waals surface area contributed by atoms with E-state index in [0.29, 0.717) is 11.3 Å². The fourth-order valence-electron chi connectivity index (χ4n) is 4.55. The molecule has 1 N–H and O–H groups in total. The van der Waals surface area contributed by atoms with Gasteiger partial charge in [-0.15, -0.1) is 0 Å². The van der Waals surface area contributed by atoms with Crippen LogP contribution in [-0.4, -0.2) is 10.7 Å². The summed E-state index contributed by atoms with van der Waals surface area (Å²) in [6, 6.07) is 16.1. The predicted molar refractivity (Wildman–Crippen MR) is 118 cm³/mol. The standard InChI is InChI=1S/C25H20N2O4/c28-24(12-10-19-6-3-13-31-19)16-9-11-23-22(15-16)20-7-2-8-21(20)25(26-23)17-4-1-5-18(14-17)27(29)30/h1-7,9-15,20-21,25-26H,8H2/b12-10+/t20-,21+,25-/m0/s1. The lowest BCUT2D eigenvalue weighted by Crippen LogP contribution is -2.29. The molecule has 2 heterocycles. The molecule has 2 aromatic carbocycles. The molecule has 0 saturated heterocycles. The number of hydrogen-bond donors (Lipinski definition) is 1. The maximum atomic E-state index is 12.7. The molecule has 0 unspecified atom stereocenters. The number of nitro groups is 1. The predicted octanol–water partition coefficient (Wildman–Crippen LogP) is 5.91. The zero-order valence-electron chi connectivity index (χ0n) is 16.6. The Morgan fingerprint density at radius 3 is 2.87 bits per heavy atom. The van der Waals surface area contributed by atoms with Crippen LogP contribution in [0, 0.1) is 16.0 Å². The van der Waals surface area contributed by atoms with Crippen LogP contribution in [-0.2, 0) is 0 Å². The molecule has 1 aromatic heterocycles. The van der Waals surface area contributed by atoms with E-state index in [0.717, 1.165) is 23.2 Å². The minimum Gasteiger partial charge on any atom is -0.465 e. The summed E-state index contributed by atoms with van der Waals surface area (Å²) >= 11 is 0. The Labute approximate surface area is 179 Å². The first-order chi connectivity index (χ1) is 15.1. The lowest BCUT2D eigenvalue weighted by Gasteiger charge is -2.37. The number of hydrogen-bond acceptors (Lipinski definition) is 5. The monoisotopic (exact) mass is 412 g/mol. The van der Waals surface area contributed by atoms with Gasteiger partial charge in [0.25, 0.3) is 5.69 Å². The van der Waals surface area contributed by atoms with Crippen LogP contribution in [0.4, 0.5) is 11.4 Å². The third kappa shape index (κ3) is 3.57. The van der Waals surface area contributed by atoms with E-state index < -0.39 is 0 Å². The number of furan rings is 1. The molecule has 1 aliphatic heterocycles. The third-order valence-electron chi connectivity index (χ3n) is 6.03. The lowest BCUT2D eigenvalue weighted by atomic mass is 9.76. The molecule has 2 aliphatic rings. The van der Waals surface area contributed by atoms with E-state index in [1.165, 1.54) is 12.1 Å². The average Bonchev–Trinajstić information content (AvgIpc) is 3.49. The molecule has 6 heteroatoms. The summed E-state index contributed by atoms with van der Waals surface area (Å²) in [7, 11) is 0. The Morgan fingerprint density at radius 2 is 2.06 bits per heavy atom. The second-order valence-corrected chi connectivity index (χ2v) is 7.84. The largest absolute Gasteiger partial charge is 0.465 e. The van der Waals surface area contributed by atoms with Crippen LogP contribution in [0.2, 0.25) is 0 Å². The minimum absolute atomic E-state index is 0.0344. The summed E-state index contributed by atoms with van der Waals surface area (Å²) < 4.78 is 5.24. The van der Waals surface area contributed by atoms with E-state index in [1.807, 2.05) is 24.3 Å². The van der Waals surface area contributed by atoms with Crippen molar-refractivity contribution in [3.05, 3.63) is 112 Å². The lowest BCUT2D eigenvalue weighted by molar-refractivity contribution is -0.384. The third-order valence-corrected chi connectivity index (χ3v) is 6.03. The molecule has 31 heavy (non-hydrogen) atoms. The van der Waals surface area contributed by atoms with Crippen LogP contribution < -0.4 is 5.32 Å². The van der Waals surface area contributed by atoms with Crippen LogP contribution in [0.25, 0.3) is 6.08 Å². The fraction of sp³-hybridized carbons (Fsp3) is 0.160. The highest BCUT2D eigenvalue weighted by Crippen LogP contribution is 2.50. The summed E-state index contributed by atoms with van der Waals surface area (Å²) in [5.74, 6) is 0.936. The first-order valence-corrected chi connectivity index (χ1v) is 10.2. The van der Waals surface area contributed by atoms with Crippen molar-refractivity contribution in [1.82, 2.24) is 0 Å². The molecule has 0 fully saturated rings. The number of fused-ring (bicyclic) bond motifs is 3. The van der Waals surface area contributed by atoms with Gasteiger partial charge in [-0.1, -0.05) is 24.3 Å². The molecule has 5 rings (SSSR count). The highest BCUT2D eigenvalue weighted by atomic mass is 16.6. The van der Waals surface area contributed by atoms with Crippen LogP contribution in [0.5, 0.6) is 0 Å². The van der Waals surface area contributed by atoms with Gasteiger partial charge in [0.15, 0.2) is 5.78 Å². The van der Waals surface area contributed by atoms with Gasteiger partial charge in [0, 0.05) is 29.3 Å². The van der Waals surface area contributed by atoms with Gasteiger partial charge in [0.05, 0.1) is 17.2 Å². The first kappa shape index (κ1) is 19.1. The van der Waals surface area contributed by atoms with E-state index >= 15 is 0 Å².